The summed E-state index contributed by atoms with van der Waals surface area (Å²) in [4.78, 5) is 16.9. The molecule has 1 aliphatic heterocycles. The highest BCUT2D eigenvalue weighted by molar-refractivity contribution is 7.07. The summed E-state index contributed by atoms with van der Waals surface area (Å²) in [6.45, 7) is 4.69. The normalized spacial score (nSPS) is 16.3. The van der Waals surface area contributed by atoms with E-state index >= 15 is 0 Å². The Balaban J connectivity index is 1.51. The first-order valence-electron chi connectivity index (χ1n) is 9.54. The second-order valence-corrected chi connectivity index (χ2v) is 8.03. The largest absolute Gasteiger partial charge is 0.369 e. The van der Waals surface area contributed by atoms with Crippen molar-refractivity contribution in [3.63, 3.8) is 0 Å². The van der Waals surface area contributed by atoms with E-state index in [1.54, 1.807) is 4.57 Å². The molecule has 0 radical (unpaired) electrons. The maximum Gasteiger partial charge on any atom is 0.307 e. The molecule has 0 aliphatic carbocycles. The molecule has 1 aliphatic rings. The Hall–Kier alpha value is -2.44. The molecule has 0 N–H and O–H groups in total. The number of rotatable bonds is 5. The lowest BCUT2D eigenvalue weighted by Crippen LogP contribution is -2.47. The van der Waals surface area contributed by atoms with Gasteiger partial charge in [0.25, 0.3) is 0 Å². The fourth-order valence-corrected chi connectivity index (χ4v) is 4.65. The summed E-state index contributed by atoms with van der Waals surface area (Å²) < 4.78 is 15.2. The zero-order valence-corrected chi connectivity index (χ0v) is 16.7. The van der Waals surface area contributed by atoms with E-state index in [1.807, 2.05) is 30.6 Å². The molecule has 4 rings (SSSR count). The van der Waals surface area contributed by atoms with Gasteiger partial charge in [-0.3, -0.25) is 9.69 Å². The van der Waals surface area contributed by atoms with Crippen molar-refractivity contribution >= 4 is 17.0 Å². The lowest BCUT2D eigenvalue weighted by molar-refractivity contribution is 0.248. The Morgan fingerprint density at radius 1 is 1.00 bits per heavy atom. The smallest absolute Gasteiger partial charge is 0.307 e. The molecule has 0 bridgehead atoms. The zero-order valence-electron chi connectivity index (χ0n) is 15.9. The number of para-hydroxylation sites is 1. The number of anilines is 1. The third kappa shape index (κ3) is 4.03. The van der Waals surface area contributed by atoms with Gasteiger partial charge < -0.3 is 9.47 Å². The minimum atomic E-state index is -0.238. The van der Waals surface area contributed by atoms with E-state index in [9.17, 15) is 9.18 Å². The predicted octanol–water partition coefficient (Wildman–Crippen LogP) is 3.54. The van der Waals surface area contributed by atoms with Gasteiger partial charge in [-0.15, -0.1) is 0 Å². The molecule has 6 heteroatoms. The van der Waals surface area contributed by atoms with Gasteiger partial charge >= 0.3 is 4.87 Å². The minimum Gasteiger partial charge on any atom is -0.369 e. The van der Waals surface area contributed by atoms with Crippen LogP contribution in [0.25, 0.3) is 0 Å². The van der Waals surface area contributed by atoms with Crippen LogP contribution in [-0.2, 0) is 7.05 Å². The first kappa shape index (κ1) is 18.9. The third-order valence-electron chi connectivity index (χ3n) is 5.51. The average molecular weight is 398 g/mol. The standard InChI is InChI=1S/C22H24FN3OS/c1-24-21(16-28-22(24)27)20(17-7-9-18(23)10-8-17)15-25-11-13-26(14-12-25)19-5-3-2-4-6-19/h2-10,16,20H,11-15H2,1H3. The van der Waals surface area contributed by atoms with Gasteiger partial charge in [-0.2, -0.15) is 0 Å². The average Bonchev–Trinajstić information content (AvgIpc) is 3.06. The number of hydrogen-bond acceptors (Lipinski definition) is 4. The van der Waals surface area contributed by atoms with Crippen LogP contribution in [0.3, 0.4) is 0 Å². The molecule has 2 aromatic carbocycles. The summed E-state index contributed by atoms with van der Waals surface area (Å²) in [6.07, 6.45) is 0. The molecule has 0 saturated carbocycles. The molecule has 1 unspecified atom stereocenters. The third-order valence-corrected chi connectivity index (χ3v) is 6.34. The summed E-state index contributed by atoms with van der Waals surface area (Å²) in [5.41, 5.74) is 3.30. The molecule has 1 aromatic heterocycles. The number of benzene rings is 2. The van der Waals surface area contributed by atoms with Crippen LogP contribution >= 0.6 is 11.3 Å². The second kappa shape index (κ2) is 8.29. The van der Waals surface area contributed by atoms with Crippen molar-refractivity contribution in [2.45, 2.75) is 5.92 Å². The van der Waals surface area contributed by atoms with Crippen LogP contribution in [0, 0.1) is 5.82 Å². The van der Waals surface area contributed by atoms with Crippen LogP contribution < -0.4 is 9.77 Å². The van der Waals surface area contributed by atoms with Gasteiger partial charge in [-0.05, 0) is 29.8 Å². The van der Waals surface area contributed by atoms with E-state index in [2.05, 4.69) is 34.1 Å². The summed E-state index contributed by atoms with van der Waals surface area (Å²) in [5, 5.41) is 1.94. The van der Waals surface area contributed by atoms with E-state index in [0.29, 0.717) is 0 Å². The van der Waals surface area contributed by atoms with Crippen molar-refractivity contribution in [2.75, 3.05) is 37.6 Å². The molecule has 28 heavy (non-hydrogen) atoms. The minimum absolute atomic E-state index is 0.0380. The molecule has 1 fully saturated rings. The summed E-state index contributed by atoms with van der Waals surface area (Å²) in [7, 11) is 1.82. The van der Waals surface area contributed by atoms with Crippen LogP contribution in [0.2, 0.25) is 0 Å². The number of thiazole rings is 1. The molecule has 0 spiro atoms. The molecule has 2 heterocycles. The van der Waals surface area contributed by atoms with Crippen molar-refractivity contribution < 1.29 is 4.39 Å². The highest BCUT2D eigenvalue weighted by atomic mass is 32.1. The van der Waals surface area contributed by atoms with E-state index in [4.69, 9.17) is 0 Å². The van der Waals surface area contributed by atoms with Gasteiger partial charge in [-0.25, -0.2) is 4.39 Å². The highest BCUT2D eigenvalue weighted by Gasteiger charge is 2.24. The van der Waals surface area contributed by atoms with Crippen molar-refractivity contribution in [3.05, 3.63) is 86.7 Å². The Labute approximate surface area is 168 Å². The lowest BCUT2D eigenvalue weighted by atomic mass is 9.95. The van der Waals surface area contributed by atoms with Crippen molar-refractivity contribution in [1.82, 2.24) is 9.47 Å². The molecular formula is C22H24FN3OS. The number of nitrogens with zero attached hydrogens (tertiary/aromatic N) is 3. The van der Waals surface area contributed by atoms with E-state index in [-0.39, 0.29) is 16.6 Å². The molecular weight excluding hydrogens is 373 g/mol. The maximum absolute atomic E-state index is 13.4. The predicted molar refractivity (Wildman–Crippen MR) is 113 cm³/mol. The summed E-state index contributed by atoms with van der Waals surface area (Å²) in [5.74, 6) is -0.189. The monoisotopic (exact) mass is 397 g/mol. The summed E-state index contributed by atoms with van der Waals surface area (Å²) >= 11 is 1.22. The second-order valence-electron chi connectivity index (χ2n) is 7.21. The van der Waals surface area contributed by atoms with E-state index in [1.165, 1.54) is 29.2 Å². The Morgan fingerprint density at radius 3 is 2.29 bits per heavy atom. The Kier molecular flexibility index (Phi) is 5.59. The molecule has 1 saturated heterocycles. The highest BCUT2D eigenvalue weighted by Crippen LogP contribution is 2.27. The summed E-state index contributed by atoms with van der Waals surface area (Å²) in [6, 6.07) is 17.2. The lowest BCUT2D eigenvalue weighted by Gasteiger charge is -2.37. The fourth-order valence-electron chi connectivity index (χ4n) is 3.84. The van der Waals surface area contributed by atoms with Crippen molar-refractivity contribution in [1.29, 1.82) is 0 Å². The molecule has 1 atom stereocenters. The van der Waals surface area contributed by atoms with Crippen LogP contribution in [0.5, 0.6) is 0 Å². The number of hydrogen-bond donors (Lipinski definition) is 0. The quantitative estimate of drug-likeness (QED) is 0.659. The van der Waals surface area contributed by atoms with Crippen LogP contribution in [0.4, 0.5) is 10.1 Å². The Morgan fingerprint density at radius 2 is 1.68 bits per heavy atom. The van der Waals surface area contributed by atoms with Gasteiger partial charge in [0.2, 0.25) is 0 Å². The zero-order chi connectivity index (χ0) is 19.5. The van der Waals surface area contributed by atoms with Gasteiger partial charge in [0.15, 0.2) is 0 Å². The number of aromatic nitrogens is 1. The maximum atomic E-state index is 13.4. The fraction of sp³-hybridized carbons (Fsp3) is 0.318. The van der Waals surface area contributed by atoms with E-state index in [0.717, 1.165) is 44.0 Å². The first-order valence-corrected chi connectivity index (χ1v) is 10.4. The van der Waals surface area contributed by atoms with Gasteiger partial charge in [0, 0.05) is 62.5 Å². The molecule has 3 aromatic rings. The Bertz CT molecular complexity index is 959. The molecule has 0 amide bonds. The van der Waals surface area contributed by atoms with Gasteiger partial charge in [0.05, 0.1) is 0 Å². The molecule has 4 nitrogen and oxygen atoms in total. The SMILES string of the molecule is Cn1c(C(CN2CCN(c3ccccc3)CC2)c2ccc(F)cc2)csc1=O. The topological polar surface area (TPSA) is 28.5 Å². The number of piperazine rings is 1. The van der Waals surface area contributed by atoms with Crippen LogP contribution in [0.15, 0.2) is 64.8 Å². The van der Waals surface area contributed by atoms with Crippen molar-refractivity contribution in [2.24, 2.45) is 7.05 Å². The van der Waals surface area contributed by atoms with Gasteiger partial charge in [-0.1, -0.05) is 41.7 Å². The van der Waals surface area contributed by atoms with Crippen LogP contribution in [0.1, 0.15) is 17.2 Å². The van der Waals surface area contributed by atoms with E-state index < -0.39 is 0 Å². The van der Waals surface area contributed by atoms with Gasteiger partial charge in [0.1, 0.15) is 5.82 Å². The van der Waals surface area contributed by atoms with Crippen molar-refractivity contribution in [3.8, 4) is 0 Å². The number of halogens is 1. The molecule has 146 valence electrons. The first-order chi connectivity index (χ1) is 13.6. The van der Waals surface area contributed by atoms with Crippen LogP contribution in [-0.4, -0.2) is 42.2 Å².